The molecule has 0 aliphatic carbocycles. The summed E-state index contributed by atoms with van der Waals surface area (Å²) >= 11 is 1.82. The number of nitrogens with two attached hydrogens (primary N) is 1. The third-order valence-corrected chi connectivity index (χ3v) is 4.30. The predicted molar refractivity (Wildman–Crippen MR) is 82.6 cm³/mol. The van der Waals surface area contributed by atoms with Gasteiger partial charge in [0.1, 0.15) is 0 Å². The number of aromatic nitrogens is 2. The molecule has 0 aromatic carbocycles. The summed E-state index contributed by atoms with van der Waals surface area (Å²) in [5.41, 5.74) is 8.36. The van der Waals surface area contributed by atoms with E-state index in [-0.39, 0.29) is 0 Å². The third kappa shape index (κ3) is 4.40. The van der Waals surface area contributed by atoms with Gasteiger partial charge in [0.05, 0.1) is 29.7 Å². The Bertz CT molecular complexity index is 408. The number of nitrogens with zero attached hydrogens (tertiary/aromatic N) is 3. The van der Waals surface area contributed by atoms with Crippen molar-refractivity contribution in [3.05, 3.63) is 11.4 Å². The van der Waals surface area contributed by atoms with E-state index in [0.29, 0.717) is 19.1 Å². The highest BCUT2D eigenvalue weighted by atomic mass is 32.2. The second-order valence-electron chi connectivity index (χ2n) is 5.16. The summed E-state index contributed by atoms with van der Waals surface area (Å²) in [6, 6.07) is 0.454. The van der Waals surface area contributed by atoms with Crippen LogP contribution in [0.15, 0.2) is 0 Å². The lowest BCUT2D eigenvalue weighted by atomic mass is 10.2. The van der Waals surface area contributed by atoms with E-state index in [9.17, 15) is 5.11 Å². The summed E-state index contributed by atoms with van der Waals surface area (Å²) in [6.45, 7) is 7.12. The molecule has 1 rings (SSSR count). The molecule has 3 N–H and O–H groups in total. The zero-order chi connectivity index (χ0) is 14.6. The van der Waals surface area contributed by atoms with Crippen LogP contribution in [0.1, 0.15) is 18.3 Å². The minimum atomic E-state index is -0.438. The van der Waals surface area contributed by atoms with Gasteiger partial charge in [0.2, 0.25) is 0 Å². The molecule has 0 saturated heterocycles. The van der Waals surface area contributed by atoms with Gasteiger partial charge in [-0.25, -0.2) is 0 Å². The summed E-state index contributed by atoms with van der Waals surface area (Å²) in [7, 11) is 2.04. The largest absolute Gasteiger partial charge is 0.396 e. The topological polar surface area (TPSA) is 67.3 Å². The van der Waals surface area contributed by atoms with Gasteiger partial charge in [-0.15, -0.1) is 0 Å². The minimum absolute atomic E-state index is 0.438. The zero-order valence-electron chi connectivity index (χ0n) is 12.6. The van der Waals surface area contributed by atoms with E-state index in [4.69, 9.17) is 5.73 Å². The van der Waals surface area contributed by atoms with Gasteiger partial charge in [-0.3, -0.25) is 4.68 Å². The van der Waals surface area contributed by atoms with Crippen LogP contribution in [0.5, 0.6) is 0 Å². The summed E-state index contributed by atoms with van der Waals surface area (Å²) in [6.07, 6.45) is 1.66. The SMILES string of the molecule is CSCC(C)N(C)CC(O)Cn1nc(C)c(N)c1C. The highest BCUT2D eigenvalue weighted by Crippen LogP contribution is 2.15. The number of nitrogen functional groups attached to an aromatic ring is 1. The van der Waals surface area contributed by atoms with Gasteiger partial charge in [0, 0.05) is 18.3 Å². The van der Waals surface area contributed by atoms with Crippen LogP contribution in [-0.4, -0.2) is 57.5 Å². The average molecular weight is 286 g/mol. The Morgan fingerprint density at radius 3 is 2.58 bits per heavy atom. The first kappa shape index (κ1) is 16.3. The molecule has 6 heteroatoms. The maximum absolute atomic E-state index is 10.2. The van der Waals surface area contributed by atoms with Gasteiger partial charge in [-0.1, -0.05) is 0 Å². The number of hydrogen-bond donors (Lipinski definition) is 2. The molecule has 0 aliphatic rings. The molecule has 0 saturated carbocycles. The smallest absolute Gasteiger partial charge is 0.0862 e. The standard InChI is InChI=1S/C13H26N4OS/c1-9(8-19-5)16(4)6-12(18)7-17-11(3)13(14)10(2)15-17/h9,12,18H,6-8,14H2,1-5H3. The van der Waals surface area contributed by atoms with Gasteiger partial charge in [0.25, 0.3) is 0 Å². The van der Waals surface area contributed by atoms with E-state index in [1.54, 1.807) is 4.68 Å². The van der Waals surface area contributed by atoms with Gasteiger partial charge in [-0.2, -0.15) is 16.9 Å². The van der Waals surface area contributed by atoms with Crippen LogP contribution in [0.25, 0.3) is 0 Å². The first-order valence-corrected chi connectivity index (χ1v) is 7.92. The normalized spacial score (nSPS) is 14.9. The van der Waals surface area contributed by atoms with Crippen molar-refractivity contribution in [3.63, 3.8) is 0 Å². The Kier molecular flexibility index (Phi) is 6.16. The molecule has 2 unspecified atom stereocenters. The molecule has 19 heavy (non-hydrogen) atoms. The van der Waals surface area contributed by atoms with E-state index in [0.717, 1.165) is 22.8 Å². The molecule has 1 heterocycles. The summed E-state index contributed by atoms with van der Waals surface area (Å²) in [5.74, 6) is 1.07. The van der Waals surface area contributed by atoms with Crippen molar-refractivity contribution in [2.45, 2.75) is 39.5 Å². The van der Waals surface area contributed by atoms with Crippen LogP contribution < -0.4 is 5.73 Å². The first-order valence-electron chi connectivity index (χ1n) is 6.53. The van der Waals surface area contributed by atoms with Gasteiger partial charge >= 0.3 is 0 Å². The second-order valence-corrected chi connectivity index (χ2v) is 6.08. The molecule has 0 fully saturated rings. The lowest BCUT2D eigenvalue weighted by molar-refractivity contribution is 0.0945. The molecule has 110 valence electrons. The Morgan fingerprint density at radius 1 is 1.47 bits per heavy atom. The monoisotopic (exact) mass is 286 g/mol. The first-order chi connectivity index (χ1) is 8.86. The van der Waals surface area contributed by atoms with E-state index >= 15 is 0 Å². The lowest BCUT2D eigenvalue weighted by Gasteiger charge is -2.26. The second kappa shape index (κ2) is 7.17. The molecule has 0 aliphatic heterocycles. The maximum atomic E-state index is 10.2. The highest BCUT2D eigenvalue weighted by Gasteiger charge is 2.16. The molecule has 0 radical (unpaired) electrons. The Labute approximate surface area is 120 Å². The number of aliphatic hydroxyl groups excluding tert-OH is 1. The summed E-state index contributed by atoms with van der Waals surface area (Å²) < 4.78 is 1.79. The average Bonchev–Trinajstić information content (AvgIpc) is 2.57. The van der Waals surface area contributed by atoms with Crippen molar-refractivity contribution >= 4 is 17.4 Å². The van der Waals surface area contributed by atoms with Crippen LogP contribution in [0.3, 0.4) is 0 Å². The molecule has 1 aromatic heterocycles. The molecule has 0 bridgehead atoms. The summed E-state index contributed by atoms with van der Waals surface area (Å²) in [4.78, 5) is 2.18. The number of aryl methyl sites for hydroxylation is 1. The van der Waals surface area contributed by atoms with E-state index in [1.807, 2.05) is 32.7 Å². The molecule has 0 amide bonds. The third-order valence-electron chi connectivity index (χ3n) is 3.48. The number of thioether (sulfide) groups is 1. The van der Waals surface area contributed by atoms with Gasteiger partial charge in [0.15, 0.2) is 0 Å². The fraction of sp³-hybridized carbons (Fsp3) is 0.769. The van der Waals surface area contributed by atoms with E-state index < -0.39 is 6.10 Å². The fourth-order valence-electron chi connectivity index (χ4n) is 2.03. The summed E-state index contributed by atoms with van der Waals surface area (Å²) in [5, 5.41) is 14.5. The molecule has 0 spiro atoms. The fourth-order valence-corrected chi connectivity index (χ4v) is 2.76. The van der Waals surface area contributed by atoms with Crippen LogP contribution in [0, 0.1) is 13.8 Å². The van der Waals surface area contributed by atoms with Crippen LogP contribution in [0.2, 0.25) is 0 Å². The van der Waals surface area contributed by atoms with Gasteiger partial charge < -0.3 is 15.7 Å². The van der Waals surface area contributed by atoms with Crippen molar-refractivity contribution in [1.82, 2.24) is 14.7 Å². The molecule has 5 nitrogen and oxygen atoms in total. The lowest BCUT2D eigenvalue weighted by Crippen LogP contribution is -2.39. The number of anilines is 1. The zero-order valence-corrected chi connectivity index (χ0v) is 13.4. The van der Waals surface area contributed by atoms with E-state index in [1.165, 1.54) is 0 Å². The van der Waals surface area contributed by atoms with Crippen molar-refractivity contribution in [2.75, 3.05) is 31.3 Å². The van der Waals surface area contributed by atoms with Crippen molar-refractivity contribution < 1.29 is 5.11 Å². The quantitative estimate of drug-likeness (QED) is 0.786. The maximum Gasteiger partial charge on any atom is 0.0862 e. The van der Waals surface area contributed by atoms with Crippen molar-refractivity contribution in [3.8, 4) is 0 Å². The Morgan fingerprint density at radius 2 is 2.11 bits per heavy atom. The number of hydrogen-bond acceptors (Lipinski definition) is 5. The number of likely N-dealkylation sites (N-methyl/N-ethyl adjacent to an activating group) is 1. The minimum Gasteiger partial charge on any atom is -0.396 e. The Balaban J connectivity index is 2.55. The highest BCUT2D eigenvalue weighted by molar-refractivity contribution is 7.98. The number of rotatable bonds is 7. The van der Waals surface area contributed by atoms with Crippen LogP contribution in [0.4, 0.5) is 5.69 Å². The van der Waals surface area contributed by atoms with E-state index in [2.05, 4.69) is 23.2 Å². The molecule has 2 atom stereocenters. The molecule has 1 aromatic rings. The predicted octanol–water partition coefficient (Wildman–Crippen LogP) is 1.13. The van der Waals surface area contributed by atoms with Gasteiger partial charge in [-0.05, 0) is 34.1 Å². The van der Waals surface area contributed by atoms with Crippen LogP contribution >= 0.6 is 11.8 Å². The number of aliphatic hydroxyl groups is 1. The molecular weight excluding hydrogens is 260 g/mol. The van der Waals surface area contributed by atoms with Crippen LogP contribution in [-0.2, 0) is 6.54 Å². The molecular formula is C13H26N4OS. The van der Waals surface area contributed by atoms with Crippen molar-refractivity contribution in [1.29, 1.82) is 0 Å². The Hall–Kier alpha value is -0.720. The van der Waals surface area contributed by atoms with Crippen molar-refractivity contribution in [2.24, 2.45) is 0 Å².